The number of aliphatic carboxylic acids is 1. The molecule has 1 aromatic rings. The number of rotatable bonds is 5. The van der Waals surface area contributed by atoms with Crippen LogP contribution in [0.15, 0.2) is 18.2 Å². The van der Waals surface area contributed by atoms with Crippen molar-refractivity contribution in [2.45, 2.75) is 18.9 Å². The van der Waals surface area contributed by atoms with Crippen molar-refractivity contribution in [1.82, 2.24) is 4.90 Å². The zero-order chi connectivity index (χ0) is 17.0. The van der Waals surface area contributed by atoms with Gasteiger partial charge in [0.05, 0.1) is 19.2 Å². The van der Waals surface area contributed by atoms with Crippen LogP contribution >= 0.6 is 11.6 Å². The normalized spacial score (nSPS) is 17.5. The van der Waals surface area contributed by atoms with Crippen LogP contribution in [0.2, 0.25) is 5.02 Å². The van der Waals surface area contributed by atoms with E-state index in [0.717, 1.165) is 0 Å². The van der Waals surface area contributed by atoms with Gasteiger partial charge in [0.2, 0.25) is 5.91 Å². The number of benzene rings is 1. The van der Waals surface area contributed by atoms with E-state index in [1.54, 1.807) is 18.2 Å². The molecule has 1 heterocycles. The highest BCUT2D eigenvalue weighted by Crippen LogP contribution is 2.36. The van der Waals surface area contributed by atoms with Crippen molar-refractivity contribution in [3.63, 3.8) is 0 Å². The Morgan fingerprint density at radius 2 is 2.09 bits per heavy atom. The molecule has 7 heteroatoms. The largest absolute Gasteiger partial charge is 0.493 e. The Kier molecular flexibility index (Phi) is 5.50. The van der Waals surface area contributed by atoms with Gasteiger partial charge in [-0.3, -0.25) is 4.79 Å². The number of nitrogens with zero attached hydrogens (tertiary/aromatic N) is 1. The second kappa shape index (κ2) is 7.37. The van der Waals surface area contributed by atoms with Crippen molar-refractivity contribution in [2.24, 2.45) is 0 Å². The predicted molar refractivity (Wildman–Crippen MR) is 86.0 cm³/mol. The van der Waals surface area contributed by atoms with Crippen molar-refractivity contribution in [1.29, 1.82) is 0 Å². The SMILES string of the molecule is COc1cc(C=CC(=O)N2CCCC2C(=O)O)cc(Cl)c1OC. The minimum Gasteiger partial charge on any atom is -0.493 e. The Balaban J connectivity index is 2.18. The molecule has 1 amide bonds. The maximum Gasteiger partial charge on any atom is 0.326 e. The van der Waals surface area contributed by atoms with E-state index in [9.17, 15) is 9.59 Å². The molecule has 2 rings (SSSR count). The van der Waals surface area contributed by atoms with Gasteiger partial charge < -0.3 is 19.5 Å². The molecule has 0 spiro atoms. The number of ether oxygens (including phenoxy) is 2. The quantitative estimate of drug-likeness (QED) is 0.834. The Morgan fingerprint density at radius 1 is 1.35 bits per heavy atom. The van der Waals surface area contributed by atoms with Gasteiger partial charge >= 0.3 is 5.97 Å². The van der Waals surface area contributed by atoms with Gasteiger partial charge in [0.15, 0.2) is 11.5 Å². The van der Waals surface area contributed by atoms with Crippen LogP contribution in [-0.4, -0.2) is 48.7 Å². The molecule has 0 aliphatic carbocycles. The topological polar surface area (TPSA) is 76.1 Å². The fraction of sp³-hybridized carbons (Fsp3) is 0.375. The first-order chi connectivity index (χ1) is 11.0. The van der Waals surface area contributed by atoms with Crippen molar-refractivity contribution in [3.8, 4) is 11.5 Å². The molecular weight excluding hydrogens is 322 g/mol. The standard InChI is InChI=1S/C16H18ClNO5/c1-22-13-9-10(8-11(17)15(13)23-2)5-6-14(19)18-7-3-4-12(18)16(20)21/h5-6,8-9,12H,3-4,7H2,1-2H3,(H,20,21). The lowest BCUT2D eigenvalue weighted by molar-refractivity contribution is -0.146. The molecule has 1 aromatic carbocycles. The van der Waals surface area contributed by atoms with Crippen molar-refractivity contribution < 1.29 is 24.2 Å². The van der Waals surface area contributed by atoms with Crippen LogP contribution in [0.3, 0.4) is 0 Å². The number of amides is 1. The minimum atomic E-state index is -0.974. The fourth-order valence-corrected chi connectivity index (χ4v) is 2.88. The molecule has 0 radical (unpaired) electrons. The first-order valence-corrected chi connectivity index (χ1v) is 7.48. The van der Waals surface area contributed by atoms with E-state index in [0.29, 0.717) is 41.5 Å². The lowest BCUT2D eigenvalue weighted by Crippen LogP contribution is -2.39. The monoisotopic (exact) mass is 339 g/mol. The maximum absolute atomic E-state index is 12.2. The second-order valence-electron chi connectivity index (χ2n) is 5.10. The van der Waals surface area contributed by atoms with E-state index in [2.05, 4.69) is 0 Å². The number of methoxy groups -OCH3 is 2. The van der Waals surface area contributed by atoms with Gasteiger partial charge in [0.25, 0.3) is 0 Å². The highest BCUT2D eigenvalue weighted by atomic mass is 35.5. The van der Waals surface area contributed by atoms with Gasteiger partial charge in [-0.2, -0.15) is 0 Å². The lowest BCUT2D eigenvalue weighted by Gasteiger charge is -2.19. The van der Waals surface area contributed by atoms with Gasteiger partial charge in [0.1, 0.15) is 6.04 Å². The van der Waals surface area contributed by atoms with Crippen LogP contribution in [0.25, 0.3) is 6.08 Å². The highest BCUT2D eigenvalue weighted by molar-refractivity contribution is 6.32. The zero-order valence-corrected chi connectivity index (χ0v) is 13.7. The van der Waals surface area contributed by atoms with Crippen LogP contribution in [0.1, 0.15) is 18.4 Å². The van der Waals surface area contributed by atoms with Crippen molar-refractivity contribution in [3.05, 3.63) is 28.8 Å². The zero-order valence-electron chi connectivity index (χ0n) is 12.9. The number of halogens is 1. The first-order valence-electron chi connectivity index (χ1n) is 7.11. The molecular formula is C16H18ClNO5. The summed E-state index contributed by atoms with van der Waals surface area (Å²) in [4.78, 5) is 24.7. The molecule has 23 heavy (non-hydrogen) atoms. The van der Waals surface area contributed by atoms with Crippen LogP contribution in [0.5, 0.6) is 11.5 Å². The van der Waals surface area contributed by atoms with Gasteiger partial charge in [-0.25, -0.2) is 4.79 Å². The highest BCUT2D eigenvalue weighted by Gasteiger charge is 2.32. The third-order valence-electron chi connectivity index (χ3n) is 3.70. The Bertz CT molecular complexity index is 644. The molecule has 0 bridgehead atoms. The summed E-state index contributed by atoms with van der Waals surface area (Å²) in [6, 6.07) is 2.58. The fourth-order valence-electron chi connectivity index (χ4n) is 2.58. The number of carbonyl (C=O) groups excluding carboxylic acids is 1. The average Bonchev–Trinajstić information content (AvgIpc) is 3.01. The molecule has 0 saturated carbocycles. The van der Waals surface area contributed by atoms with E-state index in [4.69, 9.17) is 26.2 Å². The summed E-state index contributed by atoms with van der Waals surface area (Å²) in [5, 5.41) is 9.48. The van der Waals surface area contributed by atoms with E-state index in [1.807, 2.05) is 0 Å². The maximum atomic E-state index is 12.2. The number of carboxylic acid groups (broad SMARTS) is 1. The van der Waals surface area contributed by atoms with Crippen molar-refractivity contribution >= 4 is 29.6 Å². The molecule has 0 aromatic heterocycles. The van der Waals surface area contributed by atoms with E-state index in [1.165, 1.54) is 25.2 Å². The molecule has 6 nitrogen and oxygen atoms in total. The number of carbonyl (C=O) groups is 2. The minimum absolute atomic E-state index is 0.333. The second-order valence-corrected chi connectivity index (χ2v) is 5.51. The third-order valence-corrected chi connectivity index (χ3v) is 3.98. The van der Waals surface area contributed by atoms with Crippen LogP contribution in [-0.2, 0) is 9.59 Å². The van der Waals surface area contributed by atoms with Crippen LogP contribution < -0.4 is 9.47 Å². The molecule has 1 fully saturated rings. The lowest BCUT2D eigenvalue weighted by atomic mass is 10.1. The summed E-state index contributed by atoms with van der Waals surface area (Å²) in [5.74, 6) is -0.431. The number of hydrogen-bond acceptors (Lipinski definition) is 4. The number of hydrogen-bond donors (Lipinski definition) is 1. The van der Waals surface area contributed by atoms with Gasteiger partial charge in [-0.15, -0.1) is 0 Å². The van der Waals surface area contributed by atoms with Gasteiger partial charge in [-0.1, -0.05) is 11.6 Å². The summed E-state index contributed by atoms with van der Waals surface area (Å²) in [5.41, 5.74) is 0.659. The molecule has 1 aliphatic rings. The van der Waals surface area contributed by atoms with E-state index in [-0.39, 0.29) is 5.91 Å². The molecule has 1 atom stereocenters. The Morgan fingerprint density at radius 3 is 2.70 bits per heavy atom. The summed E-state index contributed by atoms with van der Waals surface area (Å²) < 4.78 is 10.3. The molecule has 1 saturated heterocycles. The van der Waals surface area contributed by atoms with E-state index < -0.39 is 12.0 Å². The average molecular weight is 340 g/mol. The molecule has 1 unspecified atom stereocenters. The Labute approximate surface area is 139 Å². The predicted octanol–water partition coefficient (Wildman–Crippen LogP) is 2.45. The molecule has 1 aliphatic heterocycles. The third kappa shape index (κ3) is 3.76. The molecule has 124 valence electrons. The van der Waals surface area contributed by atoms with Crippen LogP contribution in [0.4, 0.5) is 0 Å². The Hall–Kier alpha value is -2.21. The number of carboxylic acids is 1. The van der Waals surface area contributed by atoms with Crippen molar-refractivity contribution in [2.75, 3.05) is 20.8 Å². The smallest absolute Gasteiger partial charge is 0.326 e. The van der Waals surface area contributed by atoms with Crippen LogP contribution in [0, 0.1) is 0 Å². The van der Waals surface area contributed by atoms with Gasteiger partial charge in [0, 0.05) is 12.6 Å². The summed E-state index contributed by atoms with van der Waals surface area (Å²) in [6.07, 6.45) is 4.10. The number of likely N-dealkylation sites (tertiary alicyclic amines) is 1. The summed E-state index contributed by atoms with van der Waals surface area (Å²) in [7, 11) is 2.98. The summed E-state index contributed by atoms with van der Waals surface area (Å²) >= 11 is 6.11. The molecule has 1 N–H and O–H groups in total. The summed E-state index contributed by atoms with van der Waals surface area (Å²) in [6.45, 7) is 0.451. The van der Waals surface area contributed by atoms with Gasteiger partial charge in [-0.05, 0) is 36.6 Å². The first kappa shape index (κ1) is 17.1. The van der Waals surface area contributed by atoms with E-state index >= 15 is 0 Å².